The highest BCUT2D eigenvalue weighted by Gasteiger charge is 2.16. The molecular weight excluding hydrogens is 262 g/mol. The van der Waals surface area contributed by atoms with Gasteiger partial charge in [0.2, 0.25) is 0 Å². The summed E-state index contributed by atoms with van der Waals surface area (Å²) in [6.45, 7) is 4.18. The van der Waals surface area contributed by atoms with Crippen molar-refractivity contribution in [2.45, 2.75) is 31.5 Å². The van der Waals surface area contributed by atoms with Crippen LogP contribution in [0.1, 0.15) is 25.8 Å². The van der Waals surface area contributed by atoms with Gasteiger partial charge in [-0.2, -0.15) is 0 Å². The Morgan fingerprint density at radius 1 is 1.33 bits per heavy atom. The standard InChI is InChI=1S/C12H15BrF2/c1-3-8(2)10(13)7-9-5-4-6-11(14)12(9)15/h4-6,8,10H,3,7H2,1-2H3. The van der Waals surface area contributed by atoms with Gasteiger partial charge in [-0.1, -0.05) is 48.3 Å². The lowest BCUT2D eigenvalue weighted by molar-refractivity contribution is 0.485. The molecule has 0 nitrogen and oxygen atoms in total. The maximum atomic E-state index is 13.3. The molecule has 0 saturated carbocycles. The van der Waals surface area contributed by atoms with Gasteiger partial charge < -0.3 is 0 Å². The molecule has 2 atom stereocenters. The lowest BCUT2D eigenvalue weighted by Gasteiger charge is -2.16. The largest absolute Gasteiger partial charge is 0.204 e. The van der Waals surface area contributed by atoms with Crippen LogP contribution in [0.25, 0.3) is 0 Å². The molecule has 0 amide bonds. The predicted molar refractivity (Wildman–Crippen MR) is 62.2 cm³/mol. The Kier molecular flexibility index (Phi) is 4.71. The highest BCUT2D eigenvalue weighted by Crippen LogP contribution is 2.22. The van der Waals surface area contributed by atoms with Gasteiger partial charge in [-0.15, -0.1) is 0 Å². The molecule has 1 rings (SSSR count). The summed E-state index contributed by atoms with van der Waals surface area (Å²) in [5.41, 5.74) is 0.442. The maximum absolute atomic E-state index is 13.3. The van der Waals surface area contributed by atoms with Gasteiger partial charge in [0.15, 0.2) is 11.6 Å². The van der Waals surface area contributed by atoms with Gasteiger partial charge >= 0.3 is 0 Å². The van der Waals surface area contributed by atoms with Crippen molar-refractivity contribution in [3.63, 3.8) is 0 Å². The average Bonchev–Trinajstić information content (AvgIpc) is 2.23. The highest BCUT2D eigenvalue weighted by atomic mass is 79.9. The summed E-state index contributed by atoms with van der Waals surface area (Å²) < 4.78 is 26.3. The first-order valence-corrected chi connectivity index (χ1v) is 6.04. The van der Waals surface area contributed by atoms with E-state index in [0.29, 0.717) is 17.9 Å². The molecule has 0 radical (unpaired) electrons. The van der Waals surface area contributed by atoms with Crippen molar-refractivity contribution in [2.24, 2.45) is 5.92 Å². The predicted octanol–water partition coefficient (Wildman–Crippen LogP) is 4.32. The molecule has 0 saturated heterocycles. The van der Waals surface area contributed by atoms with Crippen molar-refractivity contribution >= 4 is 15.9 Å². The molecule has 15 heavy (non-hydrogen) atoms. The van der Waals surface area contributed by atoms with Crippen LogP contribution < -0.4 is 0 Å². The normalized spacial score (nSPS) is 15.0. The van der Waals surface area contributed by atoms with Gasteiger partial charge in [0, 0.05) is 4.83 Å². The Morgan fingerprint density at radius 2 is 2.00 bits per heavy atom. The molecule has 0 heterocycles. The van der Waals surface area contributed by atoms with Gasteiger partial charge in [0.1, 0.15) is 0 Å². The zero-order valence-corrected chi connectivity index (χ0v) is 10.5. The fraction of sp³-hybridized carbons (Fsp3) is 0.500. The van der Waals surface area contributed by atoms with Crippen molar-refractivity contribution in [2.75, 3.05) is 0 Å². The van der Waals surface area contributed by atoms with E-state index in [2.05, 4.69) is 29.8 Å². The number of hydrogen-bond donors (Lipinski definition) is 0. The number of halogens is 3. The number of benzene rings is 1. The summed E-state index contributed by atoms with van der Waals surface area (Å²) in [7, 11) is 0. The summed E-state index contributed by atoms with van der Waals surface area (Å²) >= 11 is 3.51. The molecule has 1 aromatic rings. The lowest BCUT2D eigenvalue weighted by atomic mass is 9.98. The van der Waals surface area contributed by atoms with E-state index in [1.54, 1.807) is 12.1 Å². The smallest absolute Gasteiger partial charge is 0.162 e. The molecule has 0 aliphatic heterocycles. The molecule has 0 spiro atoms. The van der Waals surface area contributed by atoms with Crippen LogP contribution in [0, 0.1) is 17.6 Å². The first-order valence-electron chi connectivity index (χ1n) is 5.13. The summed E-state index contributed by atoms with van der Waals surface area (Å²) in [5.74, 6) is -1.03. The molecular formula is C12H15BrF2. The average molecular weight is 277 g/mol. The second-order valence-corrected chi connectivity index (χ2v) is 4.99. The molecule has 2 unspecified atom stereocenters. The van der Waals surface area contributed by atoms with E-state index < -0.39 is 11.6 Å². The van der Waals surface area contributed by atoms with Crippen molar-refractivity contribution in [1.29, 1.82) is 0 Å². The number of rotatable bonds is 4. The van der Waals surface area contributed by atoms with Crippen molar-refractivity contribution in [1.82, 2.24) is 0 Å². The van der Waals surface area contributed by atoms with Gasteiger partial charge in [-0.25, -0.2) is 8.78 Å². The lowest BCUT2D eigenvalue weighted by Crippen LogP contribution is -2.14. The summed E-state index contributed by atoms with van der Waals surface area (Å²) in [5, 5.41) is 0. The van der Waals surface area contributed by atoms with E-state index in [1.807, 2.05) is 0 Å². The maximum Gasteiger partial charge on any atom is 0.162 e. The molecule has 0 N–H and O–H groups in total. The zero-order chi connectivity index (χ0) is 11.4. The Balaban J connectivity index is 2.76. The highest BCUT2D eigenvalue weighted by molar-refractivity contribution is 9.09. The van der Waals surface area contributed by atoms with Crippen LogP contribution in [0.4, 0.5) is 8.78 Å². The van der Waals surface area contributed by atoms with Crippen LogP contribution in [-0.2, 0) is 6.42 Å². The topological polar surface area (TPSA) is 0 Å². The fourth-order valence-corrected chi connectivity index (χ4v) is 2.10. The molecule has 0 bridgehead atoms. The van der Waals surface area contributed by atoms with Crippen LogP contribution in [0.2, 0.25) is 0 Å². The quantitative estimate of drug-likeness (QED) is 0.719. The molecule has 84 valence electrons. The van der Waals surface area contributed by atoms with E-state index in [-0.39, 0.29) is 4.83 Å². The minimum atomic E-state index is -0.767. The SMILES string of the molecule is CCC(C)C(Br)Cc1cccc(F)c1F. The third-order valence-corrected chi connectivity index (χ3v) is 3.93. The van der Waals surface area contributed by atoms with Crippen LogP contribution in [0.5, 0.6) is 0 Å². The van der Waals surface area contributed by atoms with Gasteiger partial charge in [0.25, 0.3) is 0 Å². The van der Waals surface area contributed by atoms with E-state index in [0.717, 1.165) is 12.5 Å². The number of alkyl halides is 1. The fourth-order valence-electron chi connectivity index (χ4n) is 1.37. The summed E-state index contributed by atoms with van der Waals surface area (Å²) in [4.78, 5) is 0.193. The van der Waals surface area contributed by atoms with Crippen molar-refractivity contribution in [3.8, 4) is 0 Å². The minimum Gasteiger partial charge on any atom is -0.204 e. The van der Waals surface area contributed by atoms with Crippen LogP contribution in [-0.4, -0.2) is 4.83 Å². The van der Waals surface area contributed by atoms with E-state index in [9.17, 15) is 8.78 Å². The Morgan fingerprint density at radius 3 is 2.60 bits per heavy atom. The first-order chi connectivity index (χ1) is 7.06. The second kappa shape index (κ2) is 5.59. The Bertz CT molecular complexity index is 325. The Hall–Kier alpha value is -0.440. The third kappa shape index (κ3) is 3.26. The molecule has 3 heteroatoms. The summed E-state index contributed by atoms with van der Waals surface area (Å²) in [6, 6.07) is 4.32. The van der Waals surface area contributed by atoms with Gasteiger partial charge in [-0.3, -0.25) is 0 Å². The van der Waals surface area contributed by atoms with Crippen molar-refractivity contribution < 1.29 is 8.78 Å². The zero-order valence-electron chi connectivity index (χ0n) is 8.93. The van der Waals surface area contributed by atoms with E-state index in [1.165, 1.54) is 0 Å². The molecule has 0 aromatic heterocycles. The monoisotopic (exact) mass is 276 g/mol. The third-order valence-electron chi connectivity index (χ3n) is 2.71. The van der Waals surface area contributed by atoms with E-state index in [4.69, 9.17) is 0 Å². The molecule has 0 aliphatic carbocycles. The van der Waals surface area contributed by atoms with Crippen molar-refractivity contribution in [3.05, 3.63) is 35.4 Å². The second-order valence-electron chi connectivity index (χ2n) is 3.82. The van der Waals surface area contributed by atoms with Crippen LogP contribution >= 0.6 is 15.9 Å². The molecule has 1 aromatic carbocycles. The minimum absolute atomic E-state index is 0.193. The Labute approximate surface area is 97.8 Å². The van der Waals surface area contributed by atoms with Gasteiger partial charge in [0.05, 0.1) is 0 Å². The van der Waals surface area contributed by atoms with Crippen LogP contribution in [0.3, 0.4) is 0 Å². The molecule has 0 aliphatic rings. The van der Waals surface area contributed by atoms with E-state index >= 15 is 0 Å². The van der Waals surface area contributed by atoms with Gasteiger partial charge in [-0.05, 0) is 24.0 Å². The first kappa shape index (κ1) is 12.6. The molecule has 0 fully saturated rings. The number of hydrogen-bond acceptors (Lipinski definition) is 0. The summed E-state index contributed by atoms with van der Waals surface area (Å²) in [6.07, 6.45) is 1.55. The van der Waals surface area contributed by atoms with Crippen LogP contribution in [0.15, 0.2) is 18.2 Å².